The van der Waals surface area contributed by atoms with Crippen molar-refractivity contribution in [2.45, 2.75) is 12.5 Å². The van der Waals surface area contributed by atoms with Crippen LogP contribution in [-0.2, 0) is 4.79 Å². The summed E-state index contributed by atoms with van der Waals surface area (Å²) in [6, 6.07) is 4.85. The van der Waals surface area contributed by atoms with Crippen LogP contribution in [0.5, 0.6) is 0 Å². The van der Waals surface area contributed by atoms with E-state index in [-0.39, 0.29) is 6.42 Å². The van der Waals surface area contributed by atoms with Gasteiger partial charge >= 0.3 is 0 Å². The molecule has 13 heavy (non-hydrogen) atoms. The fourth-order valence-corrected chi connectivity index (χ4v) is 1.03. The van der Waals surface area contributed by atoms with Crippen molar-refractivity contribution in [3.05, 3.63) is 35.6 Å². The summed E-state index contributed by atoms with van der Waals surface area (Å²) in [5.74, 6) is -1.66. The number of benzene rings is 1. The molecule has 0 radical (unpaired) electrons. The first-order valence-corrected chi connectivity index (χ1v) is 3.80. The third-order valence-corrected chi connectivity index (χ3v) is 1.66. The Balaban J connectivity index is 2.76. The molecule has 3 nitrogen and oxygen atoms in total. The Morgan fingerprint density at radius 2 is 2.31 bits per heavy atom. The van der Waals surface area contributed by atoms with Gasteiger partial charge in [0.1, 0.15) is 5.82 Å². The fourth-order valence-electron chi connectivity index (χ4n) is 1.03. The molecular weight excluding hydrogens is 173 g/mol. The molecule has 70 valence electrons. The molecule has 0 amide bonds. The molecule has 0 heterocycles. The predicted molar refractivity (Wildman–Crippen MR) is 43.0 cm³/mol. The van der Waals surface area contributed by atoms with Gasteiger partial charge in [-0.2, -0.15) is 0 Å². The number of carboxylic acids is 1. The van der Waals surface area contributed by atoms with Gasteiger partial charge in [0.2, 0.25) is 0 Å². The molecule has 0 aliphatic carbocycles. The number of carbonyl (C=O) groups excluding carboxylic acids is 1. The molecule has 0 aromatic heterocycles. The SMILES string of the molecule is NC(CC(=O)[O-])c1cccc(F)c1. The molecule has 0 fully saturated rings. The smallest absolute Gasteiger partial charge is 0.123 e. The number of rotatable bonds is 3. The molecule has 1 atom stereocenters. The molecule has 1 aromatic carbocycles. The van der Waals surface area contributed by atoms with Gasteiger partial charge in [-0.1, -0.05) is 12.1 Å². The lowest BCUT2D eigenvalue weighted by Crippen LogP contribution is -2.27. The van der Waals surface area contributed by atoms with Gasteiger partial charge in [0.25, 0.3) is 0 Å². The van der Waals surface area contributed by atoms with Crippen LogP contribution in [0.1, 0.15) is 18.0 Å². The Morgan fingerprint density at radius 1 is 1.62 bits per heavy atom. The van der Waals surface area contributed by atoms with Crippen LogP contribution in [0.4, 0.5) is 4.39 Å². The Kier molecular flexibility index (Phi) is 2.97. The number of hydrogen-bond acceptors (Lipinski definition) is 3. The van der Waals surface area contributed by atoms with Crippen molar-refractivity contribution in [1.82, 2.24) is 0 Å². The molecule has 0 saturated heterocycles. The first-order valence-electron chi connectivity index (χ1n) is 3.80. The summed E-state index contributed by atoms with van der Waals surface area (Å²) in [6.07, 6.45) is -0.302. The summed E-state index contributed by atoms with van der Waals surface area (Å²) >= 11 is 0. The van der Waals surface area contributed by atoms with Gasteiger partial charge in [0, 0.05) is 18.4 Å². The van der Waals surface area contributed by atoms with Crippen molar-refractivity contribution < 1.29 is 14.3 Å². The molecule has 1 unspecified atom stereocenters. The number of halogens is 1. The summed E-state index contributed by atoms with van der Waals surface area (Å²) in [6.45, 7) is 0. The van der Waals surface area contributed by atoms with Crippen LogP contribution >= 0.6 is 0 Å². The van der Waals surface area contributed by atoms with E-state index in [2.05, 4.69) is 0 Å². The maximum atomic E-state index is 12.6. The topological polar surface area (TPSA) is 66.2 Å². The van der Waals surface area contributed by atoms with Crippen LogP contribution in [0.15, 0.2) is 24.3 Å². The first kappa shape index (κ1) is 9.67. The number of carbonyl (C=O) groups is 1. The average molecular weight is 182 g/mol. The van der Waals surface area contributed by atoms with Crippen LogP contribution in [-0.4, -0.2) is 5.97 Å². The molecule has 1 aromatic rings. The molecule has 0 aliphatic rings. The molecule has 0 saturated carbocycles. The van der Waals surface area contributed by atoms with Crippen LogP contribution in [0.25, 0.3) is 0 Å². The van der Waals surface area contributed by atoms with Crippen LogP contribution in [0.2, 0.25) is 0 Å². The van der Waals surface area contributed by atoms with Gasteiger partial charge in [-0.25, -0.2) is 4.39 Å². The molecule has 0 aliphatic heterocycles. The second-order valence-electron chi connectivity index (χ2n) is 2.74. The van der Waals surface area contributed by atoms with Crippen molar-refractivity contribution in [3.63, 3.8) is 0 Å². The Bertz CT molecular complexity index is 314. The van der Waals surface area contributed by atoms with Gasteiger partial charge < -0.3 is 15.6 Å². The maximum absolute atomic E-state index is 12.6. The minimum atomic E-state index is -1.24. The molecule has 2 N–H and O–H groups in total. The monoisotopic (exact) mass is 182 g/mol. The zero-order chi connectivity index (χ0) is 9.84. The van der Waals surface area contributed by atoms with Crippen LogP contribution in [0.3, 0.4) is 0 Å². The van der Waals surface area contributed by atoms with Gasteiger partial charge in [-0.15, -0.1) is 0 Å². The van der Waals surface area contributed by atoms with Crippen molar-refractivity contribution in [2.75, 3.05) is 0 Å². The Hall–Kier alpha value is -1.42. The maximum Gasteiger partial charge on any atom is 0.123 e. The lowest BCUT2D eigenvalue weighted by molar-refractivity contribution is -0.306. The van der Waals surface area contributed by atoms with E-state index in [0.29, 0.717) is 5.56 Å². The minimum Gasteiger partial charge on any atom is -0.550 e. The van der Waals surface area contributed by atoms with E-state index in [0.717, 1.165) is 0 Å². The molecule has 0 spiro atoms. The van der Waals surface area contributed by atoms with Gasteiger partial charge in [-0.05, 0) is 17.7 Å². The second-order valence-corrected chi connectivity index (χ2v) is 2.74. The Labute approximate surface area is 75.0 Å². The van der Waals surface area contributed by atoms with E-state index in [1.165, 1.54) is 18.2 Å². The van der Waals surface area contributed by atoms with Gasteiger partial charge in [-0.3, -0.25) is 0 Å². The quantitative estimate of drug-likeness (QED) is 0.713. The molecular formula is C9H9FNO2-. The number of nitrogens with two attached hydrogens (primary N) is 1. The minimum absolute atomic E-state index is 0.302. The zero-order valence-electron chi connectivity index (χ0n) is 6.87. The largest absolute Gasteiger partial charge is 0.550 e. The summed E-state index contributed by atoms with van der Waals surface area (Å²) in [5, 5.41) is 10.2. The highest BCUT2D eigenvalue weighted by molar-refractivity contribution is 5.65. The van der Waals surface area contributed by atoms with Gasteiger partial charge in [0.15, 0.2) is 0 Å². The number of carboxylic acid groups (broad SMARTS) is 1. The van der Waals surface area contributed by atoms with E-state index < -0.39 is 17.8 Å². The normalized spacial score (nSPS) is 12.5. The van der Waals surface area contributed by atoms with E-state index in [4.69, 9.17) is 5.73 Å². The first-order chi connectivity index (χ1) is 6.09. The summed E-state index contributed by atoms with van der Waals surface area (Å²) in [5.41, 5.74) is 5.94. The van der Waals surface area contributed by atoms with E-state index in [1.54, 1.807) is 6.07 Å². The second kappa shape index (κ2) is 4.00. The number of aliphatic carboxylic acids is 1. The lowest BCUT2D eigenvalue weighted by atomic mass is 10.1. The van der Waals surface area contributed by atoms with Crippen molar-refractivity contribution >= 4 is 5.97 Å². The van der Waals surface area contributed by atoms with E-state index in [1.807, 2.05) is 0 Å². The summed E-state index contributed by atoms with van der Waals surface area (Å²) in [7, 11) is 0. The van der Waals surface area contributed by atoms with Gasteiger partial charge in [0.05, 0.1) is 0 Å². The highest BCUT2D eigenvalue weighted by atomic mass is 19.1. The standard InChI is InChI=1S/C9H10FNO2/c10-7-3-1-2-6(4-7)8(11)5-9(12)13/h1-4,8H,5,11H2,(H,12,13)/p-1. The third kappa shape index (κ3) is 2.83. The molecule has 0 bridgehead atoms. The van der Waals surface area contributed by atoms with E-state index in [9.17, 15) is 14.3 Å². The number of hydrogen-bond donors (Lipinski definition) is 1. The van der Waals surface area contributed by atoms with E-state index >= 15 is 0 Å². The zero-order valence-corrected chi connectivity index (χ0v) is 6.87. The van der Waals surface area contributed by atoms with Crippen molar-refractivity contribution in [1.29, 1.82) is 0 Å². The lowest BCUT2D eigenvalue weighted by Gasteiger charge is -2.12. The average Bonchev–Trinajstić information content (AvgIpc) is 2.03. The van der Waals surface area contributed by atoms with Crippen molar-refractivity contribution in [2.24, 2.45) is 5.73 Å². The highest BCUT2D eigenvalue weighted by Crippen LogP contribution is 2.14. The van der Waals surface area contributed by atoms with Crippen LogP contribution < -0.4 is 10.8 Å². The summed E-state index contributed by atoms with van der Waals surface area (Å²) < 4.78 is 12.6. The fraction of sp³-hybridized carbons (Fsp3) is 0.222. The van der Waals surface area contributed by atoms with Crippen LogP contribution in [0, 0.1) is 5.82 Å². The summed E-state index contributed by atoms with van der Waals surface area (Å²) in [4.78, 5) is 10.2. The predicted octanol–water partition coefficient (Wildman–Crippen LogP) is -0.0345. The third-order valence-electron chi connectivity index (χ3n) is 1.66. The highest BCUT2D eigenvalue weighted by Gasteiger charge is 2.06. The molecule has 4 heteroatoms. The molecule has 1 rings (SSSR count). The van der Waals surface area contributed by atoms with Crippen molar-refractivity contribution in [3.8, 4) is 0 Å². The Morgan fingerprint density at radius 3 is 2.85 bits per heavy atom.